The fourth-order valence-corrected chi connectivity index (χ4v) is 5.66. The van der Waals surface area contributed by atoms with Gasteiger partial charge in [-0.15, -0.1) is 0 Å². The Morgan fingerprint density at radius 3 is 2.69 bits per heavy atom. The van der Waals surface area contributed by atoms with Crippen molar-refractivity contribution in [1.29, 1.82) is 0 Å². The van der Waals surface area contributed by atoms with Gasteiger partial charge in [0, 0.05) is 52.5 Å². The molecule has 6 rings (SSSR count). The van der Waals surface area contributed by atoms with Crippen LogP contribution in [-0.2, 0) is 4.79 Å². The van der Waals surface area contributed by atoms with Gasteiger partial charge in [-0.3, -0.25) is 14.6 Å². The highest BCUT2D eigenvalue weighted by atomic mass is 16.2. The van der Waals surface area contributed by atoms with Gasteiger partial charge in [0.15, 0.2) is 0 Å². The third-order valence-electron chi connectivity index (χ3n) is 7.53. The smallest absolute Gasteiger partial charge is 0.319 e. The standard InChI is InChI=1S/C23H30N10O2/c1-29(2)23(35)31-8-6-15(7-9-31)32-12-14(10-25-32)19-20-17(27-28-19)11-24-22(26-20)33-16-4-5-18(33)21(34)30(3)13-16/h10-12,15-16,18H,4-9,13H2,1-3H3,(H,27,28). The summed E-state index contributed by atoms with van der Waals surface area (Å²) in [5.74, 6) is 0.717. The van der Waals surface area contributed by atoms with Gasteiger partial charge in [0.05, 0.1) is 24.5 Å². The maximum atomic E-state index is 12.7. The molecule has 3 aliphatic rings. The Morgan fingerprint density at radius 1 is 1.11 bits per heavy atom. The number of fused-ring (bicyclic) bond motifs is 3. The molecular weight excluding hydrogens is 448 g/mol. The second kappa shape index (κ2) is 8.21. The summed E-state index contributed by atoms with van der Waals surface area (Å²) in [6.45, 7) is 2.12. The monoisotopic (exact) mass is 478 g/mol. The first-order valence-corrected chi connectivity index (χ1v) is 12.2. The Bertz CT molecular complexity index is 1270. The van der Waals surface area contributed by atoms with Crippen molar-refractivity contribution >= 4 is 28.9 Å². The number of hydrogen-bond acceptors (Lipinski definition) is 7. The number of nitrogens with zero attached hydrogens (tertiary/aromatic N) is 9. The fraction of sp³-hybridized carbons (Fsp3) is 0.565. The molecule has 6 heterocycles. The fourth-order valence-electron chi connectivity index (χ4n) is 5.66. The van der Waals surface area contributed by atoms with Crippen molar-refractivity contribution < 1.29 is 9.59 Å². The van der Waals surface area contributed by atoms with Gasteiger partial charge in [0.2, 0.25) is 11.9 Å². The summed E-state index contributed by atoms with van der Waals surface area (Å²) in [6, 6.07) is 0.332. The molecule has 0 aromatic carbocycles. The van der Waals surface area contributed by atoms with E-state index >= 15 is 0 Å². The van der Waals surface area contributed by atoms with E-state index in [0.29, 0.717) is 25.6 Å². The Kier molecular flexibility index (Phi) is 5.11. The van der Waals surface area contributed by atoms with Crippen LogP contribution in [0.2, 0.25) is 0 Å². The van der Waals surface area contributed by atoms with Crippen LogP contribution < -0.4 is 4.90 Å². The second-order valence-electron chi connectivity index (χ2n) is 9.98. The van der Waals surface area contributed by atoms with Crippen LogP contribution in [0.4, 0.5) is 10.7 Å². The summed E-state index contributed by atoms with van der Waals surface area (Å²) < 4.78 is 1.98. The van der Waals surface area contributed by atoms with Crippen LogP contribution in [0.25, 0.3) is 22.3 Å². The zero-order valence-electron chi connectivity index (χ0n) is 20.3. The minimum atomic E-state index is -0.195. The quantitative estimate of drug-likeness (QED) is 0.603. The molecule has 12 nitrogen and oxygen atoms in total. The van der Waals surface area contributed by atoms with Gasteiger partial charge < -0.3 is 19.6 Å². The van der Waals surface area contributed by atoms with Gasteiger partial charge in [-0.05, 0) is 25.7 Å². The van der Waals surface area contributed by atoms with Crippen molar-refractivity contribution in [2.75, 3.05) is 45.7 Å². The van der Waals surface area contributed by atoms with Crippen molar-refractivity contribution in [2.24, 2.45) is 0 Å². The maximum Gasteiger partial charge on any atom is 0.319 e. The maximum absolute atomic E-state index is 12.7. The molecule has 3 fully saturated rings. The molecule has 3 aromatic heterocycles. The molecule has 3 amide bonds. The topological polar surface area (TPSA) is 119 Å². The van der Waals surface area contributed by atoms with E-state index in [4.69, 9.17) is 4.98 Å². The van der Waals surface area contributed by atoms with Crippen LogP contribution in [0.3, 0.4) is 0 Å². The van der Waals surface area contributed by atoms with E-state index in [1.54, 1.807) is 25.2 Å². The summed E-state index contributed by atoms with van der Waals surface area (Å²) in [6.07, 6.45) is 9.08. The minimum absolute atomic E-state index is 0.0542. The highest BCUT2D eigenvalue weighted by molar-refractivity contribution is 5.91. The van der Waals surface area contributed by atoms with Gasteiger partial charge in [-0.1, -0.05) is 0 Å². The van der Waals surface area contributed by atoms with Gasteiger partial charge in [-0.25, -0.2) is 14.8 Å². The SMILES string of the molecule is CN(C)C(=O)N1CCC(n2cc(-c3n[nH]c4cnc(N5C6CCC5C(=O)N(C)C6)nc34)cn2)CC1. The molecular formula is C23H30N10O2. The highest BCUT2D eigenvalue weighted by Crippen LogP contribution is 2.35. The predicted molar refractivity (Wildman–Crippen MR) is 129 cm³/mol. The van der Waals surface area contributed by atoms with Crippen LogP contribution in [0.5, 0.6) is 0 Å². The Morgan fingerprint density at radius 2 is 1.91 bits per heavy atom. The highest BCUT2D eigenvalue weighted by Gasteiger charge is 2.45. The van der Waals surface area contributed by atoms with E-state index in [2.05, 4.69) is 25.2 Å². The summed E-state index contributed by atoms with van der Waals surface area (Å²) >= 11 is 0. The van der Waals surface area contributed by atoms with Gasteiger partial charge in [0.1, 0.15) is 22.8 Å². The van der Waals surface area contributed by atoms with Crippen molar-refractivity contribution in [1.82, 2.24) is 44.6 Å². The zero-order chi connectivity index (χ0) is 24.3. The lowest BCUT2D eigenvalue weighted by molar-refractivity contribution is -0.132. The number of H-pyrrole nitrogens is 1. The number of likely N-dealkylation sites (tertiary alicyclic amines) is 2. The average molecular weight is 479 g/mol. The van der Waals surface area contributed by atoms with Gasteiger partial charge >= 0.3 is 6.03 Å². The number of rotatable bonds is 3. The van der Waals surface area contributed by atoms with Crippen molar-refractivity contribution in [3.8, 4) is 11.3 Å². The van der Waals surface area contributed by atoms with E-state index in [9.17, 15) is 9.59 Å². The minimum Gasteiger partial charge on any atom is -0.342 e. The molecule has 0 radical (unpaired) electrons. The van der Waals surface area contributed by atoms with Crippen LogP contribution in [0, 0.1) is 0 Å². The number of nitrogens with one attached hydrogen (secondary N) is 1. The summed E-state index contributed by atoms with van der Waals surface area (Å²) in [5, 5.41) is 12.2. The molecule has 0 spiro atoms. The van der Waals surface area contributed by atoms with Crippen molar-refractivity contribution in [2.45, 2.75) is 43.8 Å². The predicted octanol–water partition coefficient (Wildman–Crippen LogP) is 1.34. The van der Waals surface area contributed by atoms with Crippen LogP contribution in [0.1, 0.15) is 31.7 Å². The second-order valence-corrected chi connectivity index (χ2v) is 9.98. The number of amides is 3. The van der Waals surface area contributed by atoms with Gasteiger partial charge in [-0.2, -0.15) is 10.2 Å². The van der Waals surface area contributed by atoms with E-state index in [1.807, 2.05) is 33.9 Å². The van der Waals surface area contributed by atoms with E-state index in [0.717, 1.165) is 48.0 Å². The average Bonchev–Trinajstić information content (AvgIpc) is 3.58. The molecule has 0 saturated carbocycles. The number of piperidine rings is 1. The Hall–Kier alpha value is -3.70. The lowest BCUT2D eigenvalue weighted by atomic mass is 10.1. The number of hydrogen-bond donors (Lipinski definition) is 1. The van der Waals surface area contributed by atoms with Crippen molar-refractivity contribution in [3.63, 3.8) is 0 Å². The van der Waals surface area contributed by atoms with Crippen LogP contribution in [0.15, 0.2) is 18.6 Å². The first-order valence-electron chi connectivity index (χ1n) is 12.2. The largest absolute Gasteiger partial charge is 0.342 e. The number of likely N-dealkylation sites (N-methyl/N-ethyl adjacent to an activating group) is 1. The molecule has 2 unspecified atom stereocenters. The van der Waals surface area contributed by atoms with E-state index < -0.39 is 0 Å². The Labute approximate surface area is 202 Å². The number of anilines is 1. The number of aromatic nitrogens is 6. The first-order chi connectivity index (χ1) is 16.9. The molecule has 1 N–H and O–H groups in total. The molecule has 2 bridgehead atoms. The lowest BCUT2D eigenvalue weighted by Gasteiger charge is -2.38. The van der Waals surface area contributed by atoms with Crippen molar-refractivity contribution in [3.05, 3.63) is 18.6 Å². The number of carbonyl (C=O) groups excluding carboxylic acids is 2. The summed E-state index contributed by atoms with van der Waals surface area (Å²) in [5.41, 5.74) is 3.08. The molecule has 0 aliphatic carbocycles. The molecule has 35 heavy (non-hydrogen) atoms. The zero-order valence-corrected chi connectivity index (χ0v) is 20.3. The molecule has 12 heteroatoms. The molecule has 2 atom stereocenters. The summed E-state index contributed by atoms with van der Waals surface area (Å²) in [7, 11) is 5.43. The number of carbonyl (C=O) groups is 2. The molecule has 3 saturated heterocycles. The third-order valence-corrected chi connectivity index (χ3v) is 7.53. The molecule has 3 aliphatic heterocycles. The molecule has 184 valence electrons. The molecule has 3 aromatic rings. The van der Waals surface area contributed by atoms with Crippen LogP contribution in [-0.4, -0.2) is 109 Å². The number of urea groups is 1. The lowest BCUT2D eigenvalue weighted by Crippen LogP contribution is -2.56. The summed E-state index contributed by atoms with van der Waals surface area (Å²) in [4.78, 5) is 41.8. The van der Waals surface area contributed by atoms with Gasteiger partial charge in [0.25, 0.3) is 0 Å². The van der Waals surface area contributed by atoms with Crippen LogP contribution >= 0.6 is 0 Å². The third kappa shape index (κ3) is 3.58. The van der Waals surface area contributed by atoms with E-state index in [-0.39, 0.29) is 30.1 Å². The Balaban J connectivity index is 1.24. The number of aromatic amines is 1. The normalized spacial score (nSPS) is 22.9. The van der Waals surface area contributed by atoms with E-state index in [1.165, 1.54) is 0 Å². The first kappa shape index (κ1) is 21.8. The number of piperazine rings is 1.